The van der Waals surface area contributed by atoms with E-state index in [1.54, 1.807) is 24.3 Å². The number of hydrogen-bond acceptors (Lipinski definition) is 7. The number of para-hydroxylation sites is 2. The lowest BCUT2D eigenvalue weighted by molar-refractivity contribution is -0.155. The topological polar surface area (TPSA) is 133 Å². The lowest BCUT2D eigenvalue weighted by Crippen LogP contribution is -2.26. The quantitative estimate of drug-likeness (QED) is 0.316. The van der Waals surface area contributed by atoms with Gasteiger partial charge in [-0.15, -0.1) is 0 Å². The van der Waals surface area contributed by atoms with Crippen molar-refractivity contribution in [3.8, 4) is 0 Å². The van der Waals surface area contributed by atoms with E-state index in [-0.39, 0.29) is 30.6 Å². The number of ketones is 2. The van der Waals surface area contributed by atoms with Gasteiger partial charge >= 0.3 is 11.9 Å². The second-order valence-corrected chi connectivity index (χ2v) is 9.14. The minimum atomic E-state index is -0.983. The average molecular weight is 493 g/mol. The number of hydrogen-bond donors (Lipinski definition) is 1. The highest BCUT2D eigenvalue weighted by molar-refractivity contribution is 6.05. The van der Waals surface area contributed by atoms with Crippen LogP contribution >= 0.6 is 0 Å². The molecule has 4 aromatic rings. The molecule has 0 spiro atoms. The highest BCUT2D eigenvalue weighted by Gasteiger charge is 2.20. The first-order valence-electron chi connectivity index (χ1n) is 11.2. The molecule has 0 amide bonds. The molecule has 0 saturated heterocycles. The first-order chi connectivity index (χ1) is 16.9. The van der Waals surface area contributed by atoms with E-state index in [1.807, 2.05) is 45.0 Å². The maximum atomic E-state index is 11.9. The Morgan fingerprint density at radius 3 is 1.58 bits per heavy atom. The number of aliphatic carboxylic acids is 1. The lowest BCUT2D eigenvalue weighted by atomic mass is 10.2. The molecule has 10 nitrogen and oxygen atoms in total. The minimum absolute atomic E-state index is 0.00887. The first-order valence-corrected chi connectivity index (χ1v) is 11.2. The molecule has 0 bridgehead atoms. The Labute approximate surface area is 207 Å². The van der Waals surface area contributed by atoms with Crippen molar-refractivity contribution >= 4 is 45.3 Å². The van der Waals surface area contributed by atoms with E-state index in [0.717, 1.165) is 10.9 Å². The predicted octanol–water partition coefficient (Wildman–Crippen LogP) is 3.90. The van der Waals surface area contributed by atoms with E-state index in [2.05, 4.69) is 10.2 Å². The molecule has 2 aromatic carbocycles. The van der Waals surface area contributed by atoms with Gasteiger partial charge in [-0.1, -0.05) is 36.4 Å². The molecule has 1 N–H and O–H groups in total. The van der Waals surface area contributed by atoms with Crippen molar-refractivity contribution in [2.24, 2.45) is 0 Å². The third-order valence-electron chi connectivity index (χ3n) is 4.97. The van der Waals surface area contributed by atoms with Gasteiger partial charge < -0.3 is 9.84 Å². The third-order valence-corrected chi connectivity index (χ3v) is 4.97. The van der Waals surface area contributed by atoms with Crippen molar-refractivity contribution < 1.29 is 29.0 Å². The highest BCUT2D eigenvalue weighted by Crippen LogP contribution is 2.20. The molecule has 2 aromatic heterocycles. The van der Waals surface area contributed by atoms with Gasteiger partial charge in [0.1, 0.15) is 30.1 Å². The predicted molar refractivity (Wildman–Crippen MR) is 133 cm³/mol. The molecule has 0 aliphatic carbocycles. The Hall–Kier alpha value is -4.34. The second kappa shape index (κ2) is 10.5. The summed E-state index contributed by atoms with van der Waals surface area (Å²) in [5.74, 6) is -1.64. The average Bonchev–Trinajstić information content (AvgIpc) is 3.32. The smallest absolute Gasteiger partial charge is 0.328 e. The van der Waals surface area contributed by atoms with Gasteiger partial charge in [-0.2, -0.15) is 10.2 Å². The number of carbonyl (C=O) groups is 4. The standard InChI is InChI=1S/C15H18N2O3.C11H10N2O3/c1-10(18)14-11-7-5-6-8-12(11)17(16-14)9-13(19)20-15(2,3)4;1-7(14)11-8-4-2-3-5-9(8)13(12-11)6-10(15)16/h5-8H,9H2,1-4H3;2-5H,6H2,1H3,(H,15,16). The Bertz CT molecular complexity index is 1460. The molecule has 10 heteroatoms. The van der Waals surface area contributed by atoms with Crippen LogP contribution in [0.15, 0.2) is 48.5 Å². The van der Waals surface area contributed by atoms with Gasteiger partial charge in [0.15, 0.2) is 11.6 Å². The van der Waals surface area contributed by atoms with E-state index < -0.39 is 11.6 Å². The molecular weight excluding hydrogens is 464 g/mol. The van der Waals surface area contributed by atoms with E-state index >= 15 is 0 Å². The Kier molecular flexibility index (Phi) is 7.67. The monoisotopic (exact) mass is 492 g/mol. The van der Waals surface area contributed by atoms with Crippen LogP contribution in [-0.2, 0) is 27.4 Å². The fraction of sp³-hybridized carbons (Fsp3) is 0.308. The third kappa shape index (κ3) is 6.21. The van der Waals surface area contributed by atoms with Gasteiger partial charge in [0.25, 0.3) is 0 Å². The van der Waals surface area contributed by atoms with Gasteiger partial charge in [0.2, 0.25) is 0 Å². The largest absolute Gasteiger partial charge is 0.480 e. The Morgan fingerprint density at radius 1 is 0.778 bits per heavy atom. The number of esters is 1. The maximum Gasteiger partial charge on any atom is 0.328 e. The molecule has 0 fully saturated rings. The fourth-order valence-corrected chi connectivity index (χ4v) is 3.64. The van der Waals surface area contributed by atoms with Crippen LogP contribution in [0.3, 0.4) is 0 Å². The number of nitrogens with zero attached hydrogens (tertiary/aromatic N) is 4. The summed E-state index contributed by atoms with van der Waals surface area (Å²) in [6, 6.07) is 14.4. The van der Waals surface area contributed by atoms with Gasteiger partial charge in [0.05, 0.1) is 11.0 Å². The first kappa shape index (κ1) is 26.3. The molecule has 0 radical (unpaired) electrons. The second-order valence-electron chi connectivity index (χ2n) is 9.14. The summed E-state index contributed by atoms with van der Waals surface area (Å²) < 4.78 is 8.12. The van der Waals surface area contributed by atoms with Crippen LogP contribution < -0.4 is 0 Å². The van der Waals surface area contributed by atoms with Crippen molar-refractivity contribution in [1.82, 2.24) is 19.6 Å². The summed E-state index contributed by atoms with van der Waals surface area (Å²) in [6.07, 6.45) is 0. The molecule has 4 rings (SSSR count). The minimum Gasteiger partial charge on any atom is -0.480 e. The van der Waals surface area contributed by atoms with Gasteiger partial charge in [-0.05, 0) is 32.9 Å². The zero-order valence-electron chi connectivity index (χ0n) is 20.8. The number of aromatic nitrogens is 4. The van der Waals surface area contributed by atoms with E-state index in [0.29, 0.717) is 22.3 Å². The molecule has 0 aliphatic rings. The molecule has 36 heavy (non-hydrogen) atoms. The van der Waals surface area contributed by atoms with Crippen LogP contribution in [-0.4, -0.2) is 53.8 Å². The van der Waals surface area contributed by atoms with Gasteiger partial charge in [-0.3, -0.25) is 28.5 Å². The van der Waals surface area contributed by atoms with Crippen LogP contribution in [0.25, 0.3) is 21.8 Å². The fourth-order valence-electron chi connectivity index (χ4n) is 3.64. The summed E-state index contributed by atoms with van der Waals surface area (Å²) >= 11 is 0. The van der Waals surface area contributed by atoms with Crippen LogP contribution in [0, 0.1) is 0 Å². The van der Waals surface area contributed by atoms with Crippen molar-refractivity contribution in [3.05, 3.63) is 59.9 Å². The number of ether oxygens (including phenoxy) is 1. The summed E-state index contributed by atoms with van der Waals surface area (Å²) in [4.78, 5) is 45.5. The van der Waals surface area contributed by atoms with E-state index in [1.165, 1.54) is 23.2 Å². The van der Waals surface area contributed by atoms with Crippen molar-refractivity contribution in [3.63, 3.8) is 0 Å². The van der Waals surface area contributed by atoms with E-state index in [4.69, 9.17) is 9.84 Å². The number of Topliss-reactive ketones (excluding diaryl/α,β-unsaturated/α-hetero) is 2. The van der Waals surface area contributed by atoms with Crippen molar-refractivity contribution in [2.45, 2.75) is 53.3 Å². The molecule has 0 unspecified atom stereocenters. The number of carboxylic acid groups (broad SMARTS) is 1. The SMILES string of the molecule is CC(=O)c1nn(CC(=O)O)c2ccccc12.CC(=O)c1nn(CC(=O)OC(C)(C)C)c2ccccc12. The summed E-state index contributed by atoms with van der Waals surface area (Å²) in [5.41, 5.74) is 1.57. The zero-order chi connectivity index (χ0) is 26.6. The van der Waals surface area contributed by atoms with Gasteiger partial charge in [-0.25, -0.2) is 0 Å². The molecule has 188 valence electrons. The number of carboxylic acids is 1. The van der Waals surface area contributed by atoms with Crippen LogP contribution in [0.4, 0.5) is 0 Å². The van der Waals surface area contributed by atoms with Crippen molar-refractivity contribution in [1.29, 1.82) is 0 Å². The number of carbonyl (C=O) groups excluding carboxylic acids is 3. The highest BCUT2D eigenvalue weighted by atomic mass is 16.6. The van der Waals surface area contributed by atoms with Crippen molar-refractivity contribution in [2.75, 3.05) is 0 Å². The zero-order valence-corrected chi connectivity index (χ0v) is 20.8. The van der Waals surface area contributed by atoms with Crippen LogP contribution in [0.5, 0.6) is 0 Å². The molecular formula is C26H28N4O6. The normalized spacial score (nSPS) is 11.1. The Morgan fingerprint density at radius 2 is 1.19 bits per heavy atom. The molecule has 0 saturated carbocycles. The number of fused-ring (bicyclic) bond motifs is 2. The number of benzene rings is 2. The van der Waals surface area contributed by atoms with E-state index in [9.17, 15) is 19.2 Å². The molecule has 0 aliphatic heterocycles. The Balaban J connectivity index is 0.000000205. The van der Waals surface area contributed by atoms with Gasteiger partial charge in [0, 0.05) is 24.6 Å². The maximum absolute atomic E-state index is 11.9. The van der Waals surface area contributed by atoms with Crippen LogP contribution in [0.2, 0.25) is 0 Å². The summed E-state index contributed by atoms with van der Waals surface area (Å²) in [5, 5.41) is 18.4. The summed E-state index contributed by atoms with van der Waals surface area (Å²) in [7, 11) is 0. The summed E-state index contributed by atoms with van der Waals surface area (Å²) in [6.45, 7) is 8.07. The molecule has 2 heterocycles. The molecule has 0 atom stereocenters. The van der Waals surface area contributed by atoms with Crippen LogP contribution in [0.1, 0.15) is 55.6 Å². The number of rotatable bonds is 6. The lowest BCUT2D eigenvalue weighted by Gasteiger charge is -2.19.